The van der Waals surface area contributed by atoms with Gasteiger partial charge in [0.2, 0.25) is 5.91 Å². The number of hydrogen-bond acceptors (Lipinski definition) is 6. The van der Waals surface area contributed by atoms with E-state index in [-0.39, 0.29) is 11.8 Å². The van der Waals surface area contributed by atoms with E-state index in [1.54, 1.807) is 6.07 Å². The van der Waals surface area contributed by atoms with E-state index in [2.05, 4.69) is 10.6 Å². The highest BCUT2D eigenvalue weighted by Crippen LogP contribution is 2.38. The highest BCUT2D eigenvalue weighted by Gasteiger charge is 2.27. The minimum atomic E-state index is -0.417. The molecule has 2 N–H and O–H groups in total. The van der Waals surface area contributed by atoms with Crippen molar-refractivity contribution in [1.82, 2.24) is 0 Å². The monoisotopic (exact) mass is 522 g/mol. The molecule has 8 heteroatoms. The Kier molecular flexibility index (Phi) is 8.48. The van der Waals surface area contributed by atoms with Crippen LogP contribution in [0, 0.1) is 6.92 Å². The van der Waals surface area contributed by atoms with Gasteiger partial charge in [0.15, 0.2) is 0 Å². The number of aryl methyl sites for hydroxylation is 2. The van der Waals surface area contributed by atoms with Gasteiger partial charge >= 0.3 is 5.97 Å². The number of anilines is 2. The fraction of sp³-hybridized carbons (Fsp3) is 0.321. The van der Waals surface area contributed by atoms with Crippen molar-refractivity contribution in [1.29, 1.82) is 0 Å². The summed E-state index contributed by atoms with van der Waals surface area (Å²) < 4.78 is 5.04. The molecule has 188 valence electrons. The summed E-state index contributed by atoms with van der Waals surface area (Å²) in [5, 5.41) is 6.07. The lowest BCUT2D eigenvalue weighted by Gasteiger charge is -2.13. The van der Waals surface area contributed by atoms with Gasteiger partial charge in [0.05, 0.1) is 17.9 Å². The molecule has 1 aromatic heterocycles. The first-order chi connectivity index (χ1) is 17.4. The maximum Gasteiger partial charge on any atom is 0.341 e. The molecule has 0 fully saturated rings. The van der Waals surface area contributed by atoms with Crippen molar-refractivity contribution in [3.05, 3.63) is 75.7 Å². The Morgan fingerprint density at radius 2 is 1.78 bits per heavy atom. The number of thioether (sulfide) groups is 1. The molecule has 0 saturated heterocycles. The number of amides is 2. The fourth-order valence-electron chi connectivity index (χ4n) is 4.26. The average molecular weight is 523 g/mol. The van der Waals surface area contributed by atoms with Crippen LogP contribution in [0.1, 0.15) is 62.9 Å². The van der Waals surface area contributed by atoms with E-state index in [1.807, 2.05) is 56.3 Å². The Morgan fingerprint density at radius 1 is 1.00 bits per heavy atom. The van der Waals surface area contributed by atoms with E-state index in [1.165, 1.54) is 35.1 Å². The Balaban J connectivity index is 1.44. The summed E-state index contributed by atoms with van der Waals surface area (Å²) in [5.74, 6) is -0.766. The third-order valence-electron chi connectivity index (χ3n) is 6.10. The van der Waals surface area contributed by atoms with Gasteiger partial charge in [-0.25, -0.2) is 4.79 Å². The van der Waals surface area contributed by atoms with Gasteiger partial charge in [-0.1, -0.05) is 30.2 Å². The number of methoxy groups -OCH3 is 1. The number of carbonyl (C=O) groups excluding carboxylic acids is 3. The second-order valence-electron chi connectivity index (χ2n) is 8.86. The second-order valence-corrected chi connectivity index (χ2v) is 11.4. The predicted molar refractivity (Wildman–Crippen MR) is 146 cm³/mol. The lowest BCUT2D eigenvalue weighted by molar-refractivity contribution is -0.115. The van der Waals surface area contributed by atoms with Gasteiger partial charge in [0.25, 0.3) is 5.91 Å². The first-order valence-corrected chi connectivity index (χ1v) is 13.7. The Labute approximate surface area is 219 Å². The molecular weight excluding hydrogens is 492 g/mol. The van der Waals surface area contributed by atoms with Crippen LogP contribution in [0.3, 0.4) is 0 Å². The lowest BCUT2D eigenvalue weighted by Crippen LogP contribution is -2.23. The molecular formula is C28H30N2O4S2. The Bertz CT molecular complexity index is 1280. The molecule has 36 heavy (non-hydrogen) atoms. The molecule has 1 aliphatic carbocycles. The van der Waals surface area contributed by atoms with Crippen molar-refractivity contribution < 1.29 is 19.1 Å². The van der Waals surface area contributed by atoms with Crippen LogP contribution >= 0.6 is 23.1 Å². The van der Waals surface area contributed by atoms with E-state index < -0.39 is 11.2 Å². The number of esters is 1. The summed E-state index contributed by atoms with van der Waals surface area (Å²) in [6.45, 7) is 3.77. The number of ether oxygens (including phenoxy) is 1. The van der Waals surface area contributed by atoms with E-state index >= 15 is 0 Å². The van der Waals surface area contributed by atoms with Crippen LogP contribution in [0.2, 0.25) is 0 Å². The number of carbonyl (C=O) groups is 3. The molecule has 1 unspecified atom stereocenters. The lowest BCUT2D eigenvalue weighted by atomic mass is 10.1. The summed E-state index contributed by atoms with van der Waals surface area (Å²) >= 11 is 2.88. The minimum absolute atomic E-state index is 0.181. The first-order valence-electron chi connectivity index (χ1n) is 12.0. The number of thiophene rings is 1. The van der Waals surface area contributed by atoms with Crippen molar-refractivity contribution >= 4 is 51.6 Å². The topological polar surface area (TPSA) is 84.5 Å². The van der Waals surface area contributed by atoms with Crippen LogP contribution < -0.4 is 10.6 Å². The van der Waals surface area contributed by atoms with Crippen molar-refractivity contribution in [3.63, 3.8) is 0 Å². The number of benzene rings is 2. The van der Waals surface area contributed by atoms with Gasteiger partial charge in [0, 0.05) is 21.0 Å². The van der Waals surface area contributed by atoms with Crippen LogP contribution in [0.15, 0.2) is 53.4 Å². The van der Waals surface area contributed by atoms with Crippen LogP contribution in [-0.4, -0.2) is 30.1 Å². The Hall–Kier alpha value is -3.10. The average Bonchev–Trinajstić information content (AvgIpc) is 3.03. The van der Waals surface area contributed by atoms with Gasteiger partial charge < -0.3 is 15.4 Å². The molecule has 1 atom stereocenters. The molecule has 0 spiro atoms. The van der Waals surface area contributed by atoms with Crippen LogP contribution in [0.5, 0.6) is 0 Å². The molecule has 0 aliphatic heterocycles. The third-order valence-corrected chi connectivity index (χ3v) is 8.40. The largest absolute Gasteiger partial charge is 0.465 e. The Morgan fingerprint density at radius 3 is 2.56 bits per heavy atom. The minimum Gasteiger partial charge on any atom is -0.465 e. The van der Waals surface area contributed by atoms with Gasteiger partial charge in [-0.2, -0.15) is 0 Å². The highest BCUT2D eigenvalue weighted by atomic mass is 32.2. The molecule has 6 nitrogen and oxygen atoms in total. The number of nitrogens with one attached hydrogen (secondary N) is 2. The zero-order chi connectivity index (χ0) is 25.7. The predicted octanol–water partition coefficient (Wildman–Crippen LogP) is 6.48. The normalized spacial score (nSPS) is 13.8. The van der Waals surface area contributed by atoms with Crippen molar-refractivity contribution in [2.45, 2.75) is 56.1 Å². The second kappa shape index (κ2) is 11.8. The van der Waals surface area contributed by atoms with Crippen LogP contribution in [-0.2, 0) is 22.4 Å². The SMILES string of the molecule is COC(=O)c1c(NC(=O)C(C)Sc2cccc(NC(=O)c3cccc(C)c3)c2)sc2c1CCCCC2. The summed E-state index contributed by atoms with van der Waals surface area (Å²) in [5.41, 5.74) is 3.80. The zero-order valence-electron chi connectivity index (χ0n) is 20.7. The maximum absolute atomic E-state index is 13.1. The third kappa shape index (κ3) is 6.17. The molecule has 2 aromatic carbocycles. The van der Waals surface area contributed by atoms with E-state index in [9.17, 15) is 14.4 Å². The quantitative estimate of drug-likeness (QED) is 0.211. The summed E-state index contributed by atoms with van der Waals surface area (Å²) in [7, 11) is 1.37. The van der Waals surface area contributed by atoms with Crippen molar-refractivity contribution in [2.24, 2.45) is 0 Å². The first kappa shape index (κ1) is 26.0. The molecule has 2 amide bonds. The van der Waals surface area contributed by atoms with Crippen molar-refractivity contribution in [2.75, 3.05) is 17.7 Å². The van der Waals surface area contributed by atoms with Gasteiger partial charge in [0.1, 0.15) is 5.00 Å². The molecule has 1 heterocycles. The summed E-state index contributed by atoms with van der Waals surface area (Å²) in [6, 6.07) is 14.9. The van der Waals surface area contributed by atoms with Gasteiger partial charge in [-0.15, -0.1) is 23.1 Å². The molecule has 0 saturated carbocycles. The van der Waals surface area contributed by atoms with E-state index in [0.717, 1.165) is 48.1 Å². The smallest absolute Gasteiger partial charge is 0.341 e. The molecule has 1 aliphatic rings. The van der Waals surface area contributed by atoms with Gasteiger partial charge in [-0.05, 0) is 75.4 Å². The van der Waals surface area contributed by atoms with Crippen LogP contribution in [0.25, 0.3) is 0 Å². The van der Waals surface area contributed by atoms with Crippen LogP contribution in [0.4, 0.5) is 10.7 Å². The molecule has 3 aromatic rings. The number of rotatable bonds is 7. The van der Waals surface area contributed by atoms with E-state index in [4.69, 9.17) is 4.74 Å². The number of fused-ring (bicyclic) bond motifs is 1. The standard InChI is InChI=1S/C28H30N2O4S2/c1-17-9-7-10-19(15-17)26(32)29-20-11-8-12-21(16-20)35-18(2)25(31)30-27-24(28(33)34-3)22-13-5-4-6-14-23(22)36-27/h7-12,15-16,18H,4-6,13-14H2,1-3H3,(H,29,32)(H,30,31). The number of hydrogen-bond donors (Lipinski definition) is 2. The molecule has 0 radical (unpaired) electrons. The zero-order valence-corrected chi connectivity index (χ0v) is 22.3. The summed E-state index contributed by atoms with van der Waals surface area (Å²) in [4.78, 5) is 40.3. The molecule has 0 bridgehead atoms. The molecule has 4 rings (SSSR count). The maximum atomic E-state index is 13.1. The fourth-order valence-corrected chi connectivity index (χ4v) is 6.46. The van der Waals surface area contributed by atoms with Crippen molar-refractivity contribution in [3.8, 4) is 0 Å². The van der Waals surface area contributed by atoms with Gasteiger partial charge in [-0.3, -0.25) is 9.59 Å². The summed E-state index contributed by atoms with van der Waals surface area (Å²) in [6.07, 6.45) is 5.01. The van der Waals surface area contributed by atoms with E-state index in [0.29, 0.717) is 21.8 Å². The highest BCUT2D eigenvalue weighted by molar-refractivity contribution is 8.00.